The van der Waals surface area contributed by atoms with Gasteiger partial charge >= 0.3 is 0 Å². The molecule has 0 fully saturated rings. The van der Waals surface area contributed by atoms with Crippen molar-refractivity contribution in [1.82, 2.24) is 4.98 Å². The molecule has 100 valence electrons. The maximum absolute atomic E-state index is 12.4. The number of aromatic nitrogens is 1. The third-order valence-corrected chi connectivity index (χ3v) is 4.48. The number of fused-ring (bicyclic) bond motifs is 1. The van der Waals surface area contributed by atoms with Crippen molar-refractivity contribution in [3.63, 3.8) is 0 Å². The number of Topliss-reactive ketones (excluding diaryl/α,β-unsaturated/α-hetero) is 1. The predicted molar refractivity (Wildman–Crippen MR) is 83.2 cm³/mol. The van der Waals surface area contributed by atoms with Crippen LogP contribution in [0.3, 0.4) is 0 Å². The van der Waals surface area contributed by atoms with E-state index in [0.29, 0.717) is 6.42 Å². The molecule has 0 aliphatic rings. The average molecular weight is 281 g/mol. The first-order chi connectivity index (χ1) is 9.74. The topological polar surface area (TPSA) is 30.0 Å². The third-order valence-electron chi connectivity index (χ3n) is 3.45. The van der Waals surface area contributed by atoms with Gasteiger partial charge in [-0.15, -0.1) is 11.3 Å². The summed E-state index contributed by atoms with van der Waals surface area (Å²) in [5, 5.41) is 0.902. The SMILES string of the molecule is CC(C(=O)Cc1nc2ccccc2s1)c1ccccc1. The first-order valence-corrected chi connectivity index (χ1v) is 7.48. The summed E-state index contributed by atoms with van der Waals surface area (Å²) in [6, 6.07) is 17.9. The highest BCUT2D eigenvalue weighted by Crippen LogP contribution is 2.24. The van der Waals surface area contributed by atoms with Crippen LogP contribution in [0.2, 0.25) is 0 Å². The molecule has 1 unspecified atom stereocenters. The second kappa shape index (κ2) is 5.55. The van der Waals surface area contributed by atoms with E-state index in [1.165, 1.54) is 0 Å². The quantitative estimate of drug-likeness (QED) is 0.717. The molecule has 0 amide bonds. The number of benzene rings is 2. The average Bonchev–Trinajstić information content (AvgIpc) is 2.89. The summed E-state index contributed by atoms with van der Waals surface area (Å²) in [7, 11) is 0. The number of nitrogens with zero attached hydrogens (tertiary/aromatic N) is 1. The molecule has 0 saturated carbocycles. The van der Waals surface area contributed by atoms with Crippen molar-refractivity contribution >= 4 is 27.3 Å². The lowest BCUT2D eigenvalue weighted by molar-refractivity contribution is -0.119. The molecule has 1 atom stereocenters. The standard InChI is InChI=1S/C17H15NOS/c1-12(13-7-3-2-4-8-13)15(19)11-17-18-14-9-5-6-10-16(14)20-17/h2-10,12H,11H2,1H3. The van der Waals surface area contributed by atoms with Crippen LogP contribution in [-0.4, -0.2) is 10.8 Å². The smallest absolute Gasteiger partial charge is 0.146 e. The van der Waals surface area contributed by atoms with E-state index in [2.05, 4.69) is 4.98 Å². The highest BCUT2D eigenvalue weighted by atomic mass is 32.1. The van der Waals surface area contributed by atoms with Crippen molar-refractivity contribution in [2.24, 2.45) is 0 Å². The van der Waals surface area contributed by atoms with E-state index in [1.54, 1.807) is 11.3 Å². The molecule has 20 heavy (non-hydrogen) atoms. The first kappa shape index (κ1) is 13.0. The molecule has 2 aromatic carbocycles. The number of para-hydroxylation sites is 1. The Kier molecular flexibility index (Phi) is 3.61. The van der Waals surface area contributed by atoms with Gasteiger partial charge in [-0.05, 0) is 17.7 Å². The zero-order valence-corrected chi connectivity index (χ0v) is 12.1. The molecule has 0 radical (unpaired) electrons. The zero-order chi connectivity index (χ0) is 13.9. The Labute approximate surface area is 122 Å². The molecule has 0 bridgehead atoms. The summed E-state index contributed by atoms with van der Waals surface area (Å²) in [5.41, 5.74) is 2.05. The fourth-order valence-corrected chi connectivity index (χ4v) is 3.20. The zero-order valence-electron chi connectivity index (χ0n) is 11.2. The molecule has 3 rings (SSSR count). The van der Waals surface area contributed by atoms with Crippen LogP contribution in [0.15, 0.2) is 54.6 Å². The minimum atomic E-state index is -0.0804. The summed E-state index contributed by atoms with van der Waals surface area (Å²) in [6.45, 7) is 1.96. The van der Waals surface area contributed by atoms with Crippen molar-refractivity contribution in [3.8, 4) is 0 Å². The van der Waals surface area contributed by atoms with Crippen LogP contribution in [0.4, 0.5) is 0 Å². The van der Waals surface area contributed by atoms with Crippen molar-refractivity contribution < 1.29 is 4.79 Å². The summed E-state index contributed by atoms with van der Waals surface area (Å²) in [4.78, 5) is 16.9. The van der Waals surface area contributed by atoms with E-state index >= 15 is 0 Å². The number of rotatable bonds is 4. The van der Waals surface area contributed by atoms with Crippen molar-refractivity contribution in [2.75, 3.05) is 0 Å². The Hall–Kier alpha value is -2.00. The van der Waals surface area contributed by atoms with Crippen LogP contribution in [0, 0.1) is 0 Å². The fraction of sp³-hybridized carbons (Fsp3) is 0.176. The summed E-state index contributed by atoms with van der Waals surface area (Å²) >= 11 is 1.61. The van der Waals surface area contributed by atoms with Crippen LogP contribution in [-0.2, 0) is 11.2 Å². The molecule has 0 N–H and O–H groups in total. The molecule has 0 saturated heterocycles. The first-order valence-electron chi connectivity index (χ1n) is 6.66. The maximum atomic E-state index is 12.4. The van der Waals surface area contributed by atoms with E-state index in [-0.39, 0.29) is 11.7 Å². The molecule has 2 nitrogen and oxygen atoms in total. The van der Waals surface area contributed by atoms with Gasteiger partial charge < -0.3 is 0 Å². The predicted octanol–water partition coefficient (Wildman–Crippen LogP) is 4.21. The van der Waals surface area contributed by atoms with Gasteiger partial charge in [-0.25, -0.2) is 4.98 Å². The highest BCUT2D eigenvalue weighted by molar-refractivity contribution is 7.18. The van der Waals surface area contributed by atoms with Gasteiger partial charge in [0.1, 0.15) is 10.8 Å². The van der Waals surface area contributed by atoms with Gasteiger partial charge in [0.15, 0.2) is 0 Å². The van der Waals surface area contributed by atoms with Crippen molar-refractivity contribution in [3.05, 3.63) is 65.2 Å². The summed E-state index contributed by atoms with van der Waals surface area (Å²) in [6.07, 6.45) is 0.412. The van der Waals surface area contributed by atoms with Gasteiger partial charge in [-0.2, -0.15) is 0 Å². The van der Waals surface area contributed by atoms with Crippen LogP contribution in [0.5, 0.6) is 0 Å². The van der Waals surface area contributed by atoms with E-state index < -0.39 is 0 Å². The molecule has 3 heteroatoms. The fourth-order valence-electron chi connectivity index (χ4n) is 2.23. The molecule has 0 spiro atoms. The van der Waals surface area contributed by atoms with E-state index in [9.17, 15) is 4.79 Å². The Morgan fingerprint density at radius 3 is 2.55 bits per heavy atom. The number of thiazole rings is 1. The molecular weight excluding hydrogens is 266 g/mol. The Balaban J connectivity index is 1.78. The Bertz CT molecular complexity index is 700. The van der Waals surface area contributed by atoms with Crippen LogP contribution < -0.4 is 0 Å². The number of carbonyl (C=O) groups excluding carboxylic acids is 1. The molecule has 0 aliphatic carbocycles. The van der Waals surface area contributed by atoms with Gasteiger partial charge in [-0.1, -0.05) is 49.4 Å². The van der Waals surface area contributed by atoms with Gasteiger partial charge in [0.25, 0.3) is 0 Å². The summed E-state index contributed by atoms with van der Waals surface area (Å²) < 4.78 is 1.14. The molecule has 1 aromatic heterocycles. The van der Waals surface area contributed by atoms with Crippen LogP contribution in [0.25, 0.3) is 10.2 Å². The highest BCUT2D eigenvalue weighted by Gasteiger charge is 2.17. The molecule has 0 aliphatic heterocycles. The minimum Gasteiger partial charge on any atom is -0.299 e. The number of hydrogen-bond acceptors (Lipinski definition) is 3. The lowest BCUT2D eigenvalue weighted by Gasteiger charge is -2.09. The minimum absolute atomic E-state index is 0.0804. The third kappa shape index (κ3) is 2.63. The number of carbonyl (C=O) groups is 1. The summed E-state index contributed by atoms with van der Waals surface area (Å²) in [5.74, 6) is 0.137. The monoisotopic (exact) mass is 281 g/mol. The van der Waals surface area contributed by atoms with Crippen LogP contribution >= 0.6 is 11.3 Å². The van der Waals surface area contributed by atoms with Gasteiger partial charge in [0.2, 0.25) is 0 Å². The second-order valence-corrected chi connectivity index (χ2v) is 5.97. The van der Waals surface area contributed by atoms with Crippen molar-refractivity contribution in [2.45, 2.75) is 19.3 Å². The molecular formula is C17H15NOS. The van der Waals surface area contributed by atoms with Gasteiger partial charge in [0.05, 0.1) is 16.6 Å². The van der Waals surface area contributed by atoms with Gasteiger partial charge in [0, 0.05) is 5.92 Å². The van der Waals surface area contributed by atoms with Crippen LogP contribution in [0.1, 0.15) is 23.4 Å². The molecule has 1 heterocycles. The largest absolute Gasteiger partial charge is 0.299 e. The maximum Gasteiger partial charge on any atom is 0.146 e. The van der Waals surface area contributed by atoms with Gasteiger partial charge in [-0.3, -0.25) is 4.79 Å². The Morgan fingerprint density at radius 2 is 1.80 bits per heavy atom. The Morgan fingerprint density at radius 1 is 1.10 bits per heavy atom. The van der Waals surface area contributed by atoms with E-state index in [4.69, 9.17) is 0 Å². The molecule has 3 aromatic rings. The lowest BCUT2D eigenvalue weighted by atomic mass is 9.95. The second-order valence-electron chi connectivity index (χ2n) is 4.85. The van der Waals surface area contributed by atoms with E-state index in [1.807, 2.05) is 61.5 Å². The normalized spacial score (nSPS) is 12.4. The van der Waals surface area contributed by atoms with E-state index in [0.717, 1.165) is 20.8 Å². The number of hydrogen-bond donors (Lipinski definition) is 0. The van der Waals surface area contributed by atoms with Crippen molar-refractivity contribution in [1.29, 1.82) is 0 Å². The lowest BCUT2D eigenvalue weighted by Crippen LogP contribution is -2.11. The number of ketones is 1.